The first-order valence-corrected chi connectivity index (χ1v) is 12.6. The molecule has 31 heavy (non-hydrogen) atoms. The van der Waals surface area contributed by atoms with Crippen LogP contribution in [0.2, 0.25) is 0 Å². The molecule has 2 aromatic carbocycles. The molecule has 0 saturated carbocycles. The van der Waals surface area contributed by atoms with Gasteiger partial charge in [-0.1, -0.05) is 41.7 Å². The highest BCUT2D eigenvalue weighted by Crippen LogP contribution is 2.33. The zero-order valence-corrected chi connectivity index (χ0v) is 19.5. The molecule has 1 amide bonds. The quantitative estimate of drug-likeness (QED) is 0.485. The standard InChI is InChI=1S/C22H26N2O5S2/c1-4-24-17-13-18(28-2)19(29-3)14-20(17)30-22(24)23-21(25)11-8-12-31(26,27)15-16-9-6-5-7-10-16/h5-7,9-10,13-14H,4,8,11-12,15H2,1-3H3. The van der Waals surface area contributed by atoms with Crippen LogP contribution in [-0.2, 0) is 26.9 Å². The van der Waals surface area contributed by atoms with Crippen molar-refractivity contribution >= 4 is 37.3 Å². The van der Waals surface area contributed by atoms with Crippen molar-refractivity contribution in [1.82, 2.24) is 4.57 Å². The molecular weight excluding hydrogens is 436 g/mol. The highest BCUT2D eigenvalue weighted by atomic mass is 32.2. The molecule has 3 rings (SSSR count). The van der Waals surface area contributed by atoms with Crippen molar-refractivity contribution in [2.75, 3.05) is 20.0 Å². The van der Waals surface area contributed by atoms with Gasteiger partial charge in [-0.25, -0.2) is 8.42 Å². The molecule has 0 fully saturated rings. The maximum absolute atomic E-state index is 12.4. The summed E-state index contributed by atoms with van der Waals surface area (Å²) in [7, 11) is -0.125. The van der Waals surface area contributed by atoms with Gasteiger partial charge in [0.2, 0.25) is 5.91 Å². The van der Waals surface area contributed by atoms with Crippen LogP contribution >= 0.6 is 11.3 Å². The van der Waals surface area contributed by atoms with Crippen LogP contribution in [-0.4, -0.2) is 38.9 Å². The molecule has 0 saturated heterocycles. The Bertz CT molecular complexity index is 1230. The molecule has 3 aromatic rings. The first kappa shape index (κ1) is 23.0. The summed E-state index contributed by atoms with van der Waals surface area (Å²) in [5.74, 6) is 0.826. The predicted molar refractivity (Wildman–Crippen MR) is 122 cm³/mol. The van der Waals surface area contributed by atoms with Crippen molar-refractivity contribution in [3.8, 4) is 11.5 Å². The number of carbonyl (C=O) groups excluding carboxylic acids is 1. The van der Waals surface area contributed by atoms with E-state index >= 15 is 0 Å². The average Bonchev–Trinajstić information content (AvgIpc) is 3.08. The van der Waals surface area contributed by atoms with Gasteiger partial charge in [-0.15, -0.1) is 0 Å². The third-order valence-electron chi connectivity index (χ3n) is 4.80. The van der Waals surface area contributed by atoms with E-state index in [0.29, 0.717) is 22.8 Å². The van der Waals surface area contributed by atoms with E-state index in [1.165, 1.54) is 11.3 Å². The first-order valence-electron chi connectivity index (χ1n) is 9.94. The minimum Gasteiger partial charge on any atom is -0.493 e. The van der Waals surface area contributed by atoms with E-state index in [1.807, 2.05) is 41.8 Å². The minimum atomic E-state index is -3.28. The molecule has 166 valence electrons. The zero-order valence-electron chi connectivity index (χ0n) is 17.8. The van der Waals surface area contributed by atoms with Gasteiger partial charge in [0.15, 0.2) is 26.1 Å². The number of benzene rings is 2. The summed E-state index contributed by atoms with van der Waals surface area (Å²) in [6.07, 6.45) is 0.328. The Morgan fingerprint density at radius 1 is 1.10 bits per heavy atom. The molecule has 0 aliphatic rings. The molecule has 0 atom stereocenters. The molecule has 0 spiro atoms. The smallest absolute Gasteiger partial charge is 0.248 e. The van der Waals surface area contributed by atoms with Crippen LogP contribution in [0.5, 0.6) is 11.5 Å². The number of nitrogens with zero attached hydrogens (tertiary/aromatic N) is 2. The lowest BCUT2D eigenvalue weighted by atomic mass is 10.2. The van der Waals surface area contributed by atoms with Crippen molar-refractivity contribution in [2.24, 2.45) is 4.99 Å². The van der Waals surface area contributed by atoms with E-state index in [4.69, 9.17) is 9.47 Å². The maximum atomic E-state index is 12.4. The number of ether oxygens (including phenoxy) is 2. The Hall–Kier alpha value is -2.65. The molecule has 1 aromatic heterocycles. The number of rotatable bonds is 9. The van der Waals surface area contributed by atoms with E-state index in [9.17, 15) is 13.2 Å². The lowest BCUT2D eigenvalue weighted by Crippen LogP contribution is -2.16. The normalized spacial score (nSPS) is 12.3. The lowest BCUT2D eigenvalue weighted by molar-refractivity contribution is -0.118. The zero-order chi connectivity index (χ0) is 22.4. The molecule has 0 bridgehead atoms. The second-order valence-electron chi connectivity index (χ2n) is 6.99. The molecule has 1 heterocycles. The number of carbonyl (C=O) groups is 1. The number of aryl methyl sites for hydroxylation is 1. The maximum Gasteiger partial charge on any atom is 0.248 e. The predicted octanol–water partition coefficient (Wildman–Crippen LogP) is 3.56. The summed E-state index contributed by atoms with van der Waals surface area (Å²) in [6.45, 7) is 2.61. The first-order chi connectivity index (χ1) is 14.9. The molecule has 0 radical (unpaired) electrons. The van der Waals surface area contributed by atoms with Gasteiger partial charge >= 0.3 is 0 Å². The topological polar surface area (TPSA) is 87.0 Å². The molecule has 0 aliphatic carbocycles. The van der Waals surface area contributed by atoms with Crippen LogP contribution in [0.15, 0.2) is 47.5 Å². The summed E-state index contributed by atoms with van der Waals surface area (Å²) in [5, 5.41) is 0. The van der Waals surface area contributed by atoms with Gasteiger partial charge in [-0.05, 0) is 18.9 Å². The summed E-state index contributed by atoms with van der Waals surface area (Å²) < 4.78 is 38.2. The van der Waals surface area contributed by atoms with Crippen LogP contribution in [0.3, 0.4) is 0 Å². The average molecular weight is 463 g/mol. The number of aromatic nitrogens is 1. The molecule has 0 unspecified atom stereocenters. The molecular formula is C22H26N2O5S2. The summed E-state index contributed by atoms with van der Waals surface area (Å²) in [6, 6.07) is 12.8. The number of fused-ring (bicyclic) bond motifs is 1. The second-order valence-corrected chi connectivity index (χ2v) is 10.2. The number of methoxy groups -OCH3 is 2. The Balaban J connectivity index is 1.73. The van der Waals surface area contributed by atoms with Crippen LogP contribution in [0.1, 0.15) is 25.3 Å². The van der Waals surface area contributed by atoms with E-state index in [-0.39, 0.29) is 30.3 Å². The summed E-state index contributed by atoms with van der Waals surface area (Å²) >= 11 is 1.39. The third kappa shape index (κ3) is 5.74. The Morgan fingerprint density at radius 3 is 2.42 bits per heavy atom. The SMILES string of the molecule is CCn1c(=NC(=O)CCCS(=O)(=O)Cc2ccccc2)sc2cc(OC)c(OC)cc21. The Labute approximate surface area is 185 Å². The largest absolute Gasteiger partial charge is 0.493 e. The minimum absolute atomic E-state index is 0.0189. The van der Waals surface area contributed by atoms with Gasteiger partial charge < -0.3 is 14.0 Å². The second kappa shape index (κ2) is 10.1. The van der Waals surface area contributed by atoms with Crippen LogP contribution < -0.4 is 14.3 Å². The van der Waals surface area contributed by atoms with Crippen LogP contribution in [0, 0.1) is 0 Å². The van der Waals surface area contributed by atoms with Gasteiger partial charge in [0.25, 0.3) is 0 Å². The third-order valence-corrected chi connectivity index (χ3v) is 7.53. The van der Waals surface area contributed by atoms with E-state index in [1.54, 1.807) is 26.4 Å². The van der Waals surface area contributed by atoms with E-state index < -0.39 is 9.84 Å². The van der Waals surface area contributed by atoms with Crippen molar-refractivity contribution < 1.29 is 22.7 Å². The van der Waals surface area contributed by atoms with Crippen molar-refractivity contribution in [2.45, 2.75) is 32.1 Å². The molecule has 9 heteroatoms. The number of sulfone groups is 1. The molecule has 0 N–H and O–H groups in total. The number of hydrogen-bond donors (Lipinski definition) is 0. The van der Waals surface area contributed by atoms with Gasteiger partial charge in [-0.2, -0.15) is 4.99 Å². The van der Waals surface area contributed by atoms with Crippen molar-refractivity contribution in [3.05, 3.63) is 52.8 Å². The fourth-order valence-corrected chi connectivity index (χ4v) is 5.84. The fraction of sp³-hybridized carbons (Fsp3) is 0.364. The van der Waals surface area contributed by atoms with Gasteiger partial charge in [-0.3, -0.25) is 4.79 Å². The van der Waals surface area contributed by atoms with Crippen LogP contribution in [0.25, 0.3) is 10.2 Å². The van der Waals surface area contributed by atoms with Gasteiger partial charge in [0.1, 0.15) is 0 Å². The monoisotopic (exact) mass is 462 g/mol. The number of hydrogen-bond acceptors (Lipinski definition) is 6. The highest BCUT2D eigenvalue weighted by Gasteiger charge is 2.14. The van der Waals surface area contributed by atoms with Crippen molar-refractivity contribution in [3.63, 3.8) is 0 Å². The van der Waals surface area contributed by atoms with E-state index in [0.717, 1.165) is 15.8 Å². The summed E-state index contributed by atoms with van der Waals surface area (Å²) in [5.41, 5.74) is 1.65. The van der Waals surface area contributed by atoms with Crippen molar-refractivity contribution in [1.29, 1.82) is 0 Å². The highest BCUT2D eigenvalue weighted by molar-refractivity contribution is 7.90. The van der Waals surface area contributed by atoms with E-state index in [2.05, 4.69) is 4.99 Å². The van der Waals surface area contributed by atoms with Gasteiger partial charge in [0.05, 0.1) is 35.9 Å². The molecule has 0 aliphatic heterocycles. The number of amides is 1. The fourth-order valence-electron chi connectivity index (χ4n) is 3.29. The summed E-state index contributed by atoms with van der Waals surface area (Å²) in [4.78, 5) is 17.3. The number of thiazole rings is 1. The Kier molecular flexibility index (Phi) is 7.50. The lowest BCUT2D eigenvalue weighted by Gasteiger charge is -2.08. The molecule has 7 nitrogen and oxygen atoms in total. The van der Waals surface area contributed by atoms with Gasteiger partial charge in [0, 0.05) is 25.1 Å². The van der Waals surface area contributed by atoms with Crippen LogP contribution in [0.4, 0.5) is 0 Å². The Morgan fingerprint density at radius 2 is 1.77 bits per heavy atom.